The van der Waals surface area contributed by atoms with Gasteiger partial charge in [-0.2, -0.15) is 0 Å². The van der Waals surface area contributed by atoms with Crippen molar-refractivity contribution >= 4 is 34.9 Å². The minimum absolute atomic E-state index is 0.173. The van der Waals surface area contributed by atoms with Crippen LogP contribution < -0.4 is 10.6 Å². The van der Waals surface area contributed by atoms with Crippen molar-refractivity contribution in [3.05, 3.63) is 59.4 Å². The first-order valence-electron chi connectivity index (χ1n) is 9.75. The SMILES string of the molecule is O=C1Nc2ccc(NC(=O)C(=O)N3CCC(Cc4ccc(F)cc4)CC3)cc2C1=O. The van der Waals surface area contributed by atoms with Gasteiger partial charge in [-0.3, -0.25) is 19.2 Å². The van der Waals surface area contributed by atoms with Crippen molar-refractivity contribution in [1.29, 1.82) is 0 Å². The maximum atomic E-state index is 13.0. The molecule has 0 spiro atoms. The lowest BCUT2D eigenvalue weighted by atomic mass is 9.90. The second-order valence-corrected chi connectivity index (χ2v) is 7.56. The number of hydrogen-bond acceptors (Lipinski definition) is 4. The zero-order chi connectivity index (χ0) is 21.3. The van der Waals surface area contributed by atoms with E-state index < -0.39 is 23.5 Å². The number of fused-ring (bicyclic) bond motifs is 1. The van der Waals surface area contributed by atoms with E-state index >= 15 is 0 Å². The molecule has 3 amide bonds. The van der Waals surface area contributed by atoms with E-state index in [2.05, 4.69) is 10.6 Å². The lowest BCUT2D eigenvalue weighted by molar-refractivity contribution is -0.144. The molecule has 4 rings (SSSR count). The molecular formula is C22H20FN3O4. The molecule has 0 bridgehead atoms. The number of nitrogens with zero attached hydrogens (tertiary/aromatic N) is 1. The number of Topliss-reactive ketones (excluding diaryl/α,β-unsaturated/α-hetero) is 1. The van der Waals surface area contributed by atoms with Gasteiger partial charge >= 0.3 is 11.8 Å². The van der Waals surface area contributed by atoms with Crippen molar-refractivity contribution in [2.75, 3.05) is 23.7 Å². The van der Waals surface area contributed by atoms with E-state index in [0.717, 1.165) is 24.8 Å². The molecule has 2 N–H and O–H groups in total. The van der Waals surface area contributed by atoms with Crippen LogP contribution in [0.5, 0.6) is 0 Å². The number of carbonyl (C=O) groups is 4. The molecule has 2 aromatic carbocycles. The normalized spacial score (nSPS) is 16.2. The van der Waals surface area contributed by atoms with Crippen LogP contribution in [0.2, 0.25) is 0 Å². The zero-order valence-electron chi connectivity index (χ0n) is 16.1. The van der Waals surface area contributed by atoms with E-state index in [1.807, 2.05) is 0 Å². The molecule has 2 aliphatic heterocycles. The molecule has 0 radical (unpaired) electrons. The molecule has 7 nitrogen and oxygen atoms in total. The molecule has 0 aromatic heterocycles. The van der Waals surface area contributed by atoms with Crippen molar-refractivity contribution in [2.24, 2.45) is 5.92 Å². The summed E-state index contributed by atoms with van der Waals surface area (Å²) >= 11 is 0. The van der Waals surface area contributed by atoms with Gasteiger partial charge in [0.15, 0.2) is 0 Å². The third-order valence-corrected chi connectivity index (χ3v) is 5.51. The van der Waals surface area contributed by atoms with Crippen LogP contribution in [0.15, 0.2) is 42.5 Å². The Bertz CT molecular complexity index is 1030. The largest absolute Gasteiger partial charge is 0.334 e. The zero-order valence-corrected chi connectivity index (χ0v) is 16.1. The lowest BCUT2D eigenvalue weighted by Crippen LogP contribution is -2.44. The quantitative estimate of drug-likeness (QED) is 0.761. The summed E-state index contributed by atoms with van der Waals surface area (Å²) in [7, 11) is 0. The van der Waals surface area contributed by atoms with Crippen LogP contribution in [0.25, 0.3) is 0 Å². The highest BCUT2D eigenvalue weighted by atomic mass is 19.1. The molecule has 30 heavy (non-hydrogen) atoms. The summed E-state index contributed by atoms with van der Waals surface area (Å²) in [6, 6.07) is 10.8. The molecule has 2 heterocycles. The second-order valence-electron chi connectivity index (χ2n) is 7.56. The summed E-state index contributed by atoms with van der Waals surface area (Å²) in [5.41, 5.74) is 1.89. The number of nitrogens with one attached hydrogen (secondary N) is 2. The Morgan fingerprint density at radius 2 is 1.77 bits per heavy atom. The fourth-order valence-electron chi connectivity index (χ4n) is 3.84. The van der Waals surface area contributed by atoms with Crippen LogP contribution in [0.3, 0.4) is 0 Å². The van der Waals surface area contributed by atoms with E-state index in [1.54, 1.807) is 12.1 Å². The van der Waals surface area contributed by atoms with E-state index in [1.165, 1.54) is 35.2 Å². The number of benzene rings is 2. The smallest absolute Gasteiger partial charge is 0.313 e. The second kappa shape index (κ2) is 8.06. The number of ketones is 1. The topological polar surface area (TPSA) is 95.6 Å². The number of halogens is 1. The lowest BCUT2D eigenvalue weighted by Gasteiger charge is -2.31. The van der Waals surface area contributed by atoms with E-state index in [4.69, 9.17) is 0 Å². The molecule has 0 atom stereocenters. The third-order valence-electron chi connectivity index (χ3n) is 5.51. The molecule has 1 fully saturated rings. The summed E-state index contributed by atoms with van der Waals surface area (Å²) in [4.78, 5) is 49.6. The Balaban J connectivity index is 1.31. The summed E-state index contributed by atoms with van der Waals surface area (Å²) in [6.45, 7) is 0.943. The number of rotatable bonds is 3. The van der Waals surface area contributed by atoms with Gasteiger partial charge in [0.05, 0.1) is 11.3 Å². The summed E-state index contributed by atoms with van der Waals surface area (Å²) in [5.74, 6) is -2.69. The van der Waals surface area contributed by atoms with E-state index in [9.17, 15) is 23.6 Å². The minimum Gasteiger partial charge on any atom is -0.334 e. The van der Waals surface area contributed by atoms with Crippen molar-refractivity contribution in [1.82, 2.24) is 4.90 Å². The number of amides is 3. The predicted octanol–water partition coefficient (Wildman–Crippen LogP) is 2.38. The first-order valence-corrected chi connectivity index (χ1v) is 9.75. The molecule has 0 aliphatic carbocycles. The molecule has 1 saturated heterocycles. The van der Waals surface area contributed by atoms with E-state index in [0.29, 0.717) is 24.7 Å². The molecule has 2 aromatic rings. The van der Waals surface area contributed by atoms with Gasteiger partial charge in [0.25, 0.3) is 11.7 Å². The van der Waals surface area contributed by atoms with Gasteiger partial charge in [0, 0.05) is 18.8 Å². The van der Waals surface area contributed by atoms with Crippen LogP contribution >= 0.6 is 0 Å². The van der Waals surface area contributed by atoms with Crippen LogP contribution in [0, 0.1) is 11.7 Å². The van der Waals surface area contributed by atoms with Crippen LogP contribution in [-0.4, -0.2) is 41.5 Å². The van der Waals surface area contributed by atoms with Gasteiger partial charge in [0.1, 0.15) is 5.82 Å². The van der Waals surface area contributed by atoms with Gasteiger partial charge in [-0.1, -0.05) is 12.1 Å². The number of hydrogen-bond donors (Lipinski definition) is 2. The average Bonchev–Trinajstić information content (AvgIpc) is 3.03. The molecule has 0 saturated carbocycles. The summed E-state index contributed by atoms with van der Waals surface area (Å²) in [6.07, 6.45) is 2.33. The van der Waals surface area contributed by atoms with Gasteiger partial charge < -0.3 is 15.5 Å². The average molecular weight is 409 g/mol. The fraction of sp³-hybridized carbons (Fsp3) is 0.273. The Morgan fingerprint density at radius 3 is 2.47 bits per heavy atom. The maximum absolute atomic E-state index is 13.0. The van der Waals surface area contributed by atoms with Crippen LogP contribution in [0.1, 0.15) is 28.8 Å². The van der Waals surface area contributed by atoms with Crippen LogP contribution in [0.4, 0.5) is 15.8 Å². The van der Waals surface area contributed by atoms with Crippen LogP contribution in [-0.2, 0) is 20.8 Å². The standard InChI is InChI=1S/C22H20FN3O4/c23-15-3-1-13(2-4-15)11-14-7-9-26(10-8-14)22(30)21(29)24-16-5-6-18-17(12-16)19(27)20(28)25-18/h1-6,12,14H,7-11H2,(H,24,29)(H,25,27,28). The minimum atomic E-state index is -0.781. The van der Waals surface area contributed by atoms with Gasteiger partial charge in [-0.25, -0.2) is 4.39 Å². The highest BCUT2D eigenvalue weighted by Gasteiger charge is 2.30. The van der Waals surface area contributed by atoms with Crippen molar-refractivity contribution in [2.45, 2.75) is 19.3 Å². The predicted molar refractivity (Wildman–Crippen MR) is 107 cm³/mol. The monoisotopic (exact) mass is 409 g/mol. The number of carbonyl (C=O) groups excluding carboxylic acids is 4. The summed E-state index contributed by atoms with van der Waals surface area (Å²) in [5, 5.41) is 4.93. The maximum Gasteiger partial charge on any atom is 0.313 e. The summed E-state index contributed by atoms with van der Waals surface area (Å²) < 4.78 is 13.0. The number of anilines is 2. The first kappa shape index (κ1) is 19.8. The van der Waals surface area contributed by atoms with Gasteiger partial charge in [-0.05, 0) is 61.1 Å². The van der Waals surface area contributed by atoms with Crippen molar-refractivity contribution in [3.8, 4) is 0 Å². The Labute approximate surface area is 172 Å². The van der Waals surface area contributed by atoms with Crippen molar-refractivity contribution < 1.29 is 23.6 Å². The highest BCUT2D eigenvalue weighted by molar-refractivity contribution is 6.51. The molecule has 0 unspecified atom stereocenters. The van der Waals surface area contributed by atoms with Gasteiger partial charge in [0.2, 0.25) is 0 Å². The Kier molecular flexibility index (Phi) is 5.31. The Morgan fingerprint density at radius 1 is 1.07 bits per heavy atom. The highest BCUT2D eigenvalue weighted by Crippen LogP contribution is 2.26. The molecular weight excluding hydrogens is 389 g/mol. The third kappa shape index (κ3) is 4.07. The first-order chi connectivity index (χ1) is 14.4. The molecule has 2 aliphatic rings. The molecule has 154 valence electrons. The van der Waals surface area contributed by atoms with Gasteiger partial charge in [-0.15, -0.1) is 0 Å². The van der Waals surface area contributed by atoms with Crippen molar-refractivity contribution in [3.63, 3.8) is 0 Å². The Hall–Kier alpha value is -3.55. The number of likely N-dealkylation sites (tertiary alicyclic amines) is 1. The fourth-order valence-corrected chi connectivity index (χ4v) is 3.84. The number of piperidine rings is 1. The molecule has 8 heteroatoms. The van der Waals surface area contributed by atoms with E-state index in [-0.39, 0.29) is 17.1 Å².